The number of nitrogens with zero attached hydrogens (tertiary/aromatic N) is 2. The first kappa shape index (κ1) is 43.9. The first-order chi connectivity index (χ1) is 27.9. The van der Waals surface area contributed by atoms with Gasteiger partial charge >= 0.3 is 11.9 Å². The van der Waals surface area contributed by atoms with Crippen LogP contribution in [0, 0.1) is 0 Å². The van der Waals surface area contributed by atoms with Crippen molar-refractivity contribution in [1.29, 1.82) is 0 Å². The Kier molecular flexibility index (Phi) is 15.5. The van der Waals surface area contributed by atoms with Gasteiger partial charge in [-0.3, -0.25) is 9.59 Å². The highest BCUT2D eigenvalue weighted by atomic mass is 79.9. The Morgan fingerprint density at radius 1 is 0.552 bits per heavy atom. The molecular formula is C46H48Br2N2O8. The van der Waals surface area contributed by atoms with Crippen LogP contribution in [0.15, 0.2) is 144 Å². The lowest BCUT2D eigenvalue weighted by Gasteiger charge is -2.43. The van der Waals surface area contributed by atoms with Crippen LogP contribution in [0.5, 0.6) is 0 Å². The van der Waals surface area contributed by atoms with Crippen molar-refractivity contribution in [2.75, 3.05) is 13.2 Å². The van der Waals surface area contributed by atoms with Gasteiger partial charge in [-0.1, -0.05) is 153 Å². The summed E-state index contributed by atoms with van der Waals surface area (Å²) >= 11 is 6.78. The van der Waals surface area contributed by atoms with Gasteiger partial charge in [-0.05, 0) is 49.9 Å². The van der Waals surface area contributed by atoms with E-state index in [0.29, 0.717) is 0 Å². The molecule has 304 valence electrons. The summed E-state index contributed by atoms with van der Waals surface area (Å²) in [6, 6.07) is 35.3. The fourth-order valence-corrected chi connectivity index (χ4v) is 7.89. The van der Waals surface area contributed by atoms with Crippen molar-refractivity contribution in [3.05, 3.63) is 166 Å². The number of esters is 2. The van der Waals surface area contributed by atoms with E-state index in [-0.39, 0.29) is 60.5 Å². The Bertz CT molecular complexity index is 1940. The van der Waals surface area contributed by atoms with Crippen LogP contribution < -0.4 is 0 Å². The molecule has 4 aromatic carbocycles. The summed E-state index contributed by atoms with van der Waals surface area (Å²) in [5.74, 6) is -1.63. The van der Waals surface area contributed by atoms with Gasteiger partial charge in [0.2, 0.25) is 11.8 Å². The van der Waals surface area contributed by atoms with Crippen LogP contribution in [-0.2, 0) is 28.7 Å². The normalized spacial score (nSPS) is 20.3. The Morgan fingerprint density at radius 3 is 1.09 bits per heavy atom. The molecule has 6 rings (SSSR count). The number of rotatable bonds is 10. The average molecular weight is 917 g/mol. The van der Waals surface area contributed by atoms with Crippen molar-refractivity contribution in [3.8, 4) is 0 Å². The molecule has 0 radical (unpaired) electrons. The summed E-state index contributed by atoms with van der Waals surface area (Å²) in [6.45, 7) is 7.31. The molecule has 58 heavy (non-hydrogen) atoms. The zero-order valence-corrected chi connectivity index (χ0v) is 36.0. The van der Waals surface area contributed by atoms with Gasteiger partial charge in [-0.2, -0.15) is 0 Å². The molecular weight excluding hydrogens is 868 g/mol. The minimum Gasteiger partial charge on any atom is -0.512 e. The zero-order valence-electron chi connectivity index (χ0n) is 32.8. The summed E-state index contributed by atoms with van der Waals surface area (Å²) in [7, 11) is 0. The largest absolute Gasteiger partial charge is 0.512 e. The number of hydrogen-bond acceptors (Lipinski definition) is 8. The Hall–Kier alpha value is -5.20. The third-order valence-electron chi connectivity index (χ3n) is 9.95. The fourth-order valence-electron chi connectivity index (χ4n) is 7.42. The van der Waals surface area contributed by atoms with E-state index in [0.717, 1.165) is 22.3 Å². The zero-order chi connectivity index (χ0) is 41.9. The van der Waals surface area contributed by atoms with Crippen molar-refractivity contribution in [2.24, 2.45) is 0 Å². The quantitative estimate of drug-likeness (QED) is 0.119. The van der Waals surface area contributed by atoms with E-state index < -0.39 is 45.8 Å². The second-order valence-electron chi connectivity index (χ2n) is 13.8. The molecule has 2 aliphatic rings. The van der Waals surface area contributed by atoms with Crippen molar-refractivity contribution >= 4 is 55.6 Å². The molecule has 4 aromatic rings. The number of halogens is 2. The van der Waals surface area contributed by atoms with Crippen LogP contribution in [0.1, 0.15) is 87.0 Å². The maximum Gasteiger partial charge on any atom is 0.339 e. The number of carbonyl (C=O) groups excluding carboxylic acids is 4. The molecule has 10 nitrogen and oxygen atoms in total. The molecule has 2 N–H and O–H groups in total. The number of carbonyl (C=O) groups is 4. The number of aliphatic hydroxyl groups is 2. The van der Waals surface area contributed by atoms with Crippen molar-refractivity contribution in [1.82, 2.24) is 9.80 Å². The highest BCUT2D eigenvalue weighted by Crippen LogP contribution is 2.47. The number of benzene rings is 4. The lowest BCUT2D eigenvalue weighted by Crippen LogP contribution is -2.46. The van der Waals surface area contributed by atoms with E-state index in [9.17, 15) is 29.4 Å². The van der Waals surface area contributed by atoms with E-state index in [2.05, 4.69) is 31.9 Å². The van der Waals surface area contributed by atoms with Gasteiger partial charge in [-0.15, -0.1) is 0 Å². The second-order valence-corrected chi connectivity index (χ2v) is 16.5. The molecule has 0 saturated heterocycles. The number of amides is 2. The molecule has 0 unspecified atom stereocenters. The fraction of sp³-hybridized carbons (Fsp3) is 0.304. The van der Waals surface area contributed by atoms with Crippen LogP contribution in [-0.4, -0.2) is 66.6 Å². The first-order valence-corrected chi connectivity index (χ1v) is 21.0. The van der Waals surface area contributed by atoms with Crippen molar-refractivity contribution in [3.63, 3.8) is 0 Å². The van der Waals surface area contributed by atoms with Crippen LogP contribution in [0.3, 0.4) is 0 Å². The van der Waals surface area contributed by atoms with E-state index >= 15 is 0 Å². The average Bonchev–Trinajstić information content (AvgIpc) is 3.23. The number of alkyl halides is 2. The summed E-state index contributed by atoms with van der Waals surface area (Å²) in [6.07, 6.45) is 0.292. The number of ether oxygens (including phenoxy) is 2. The number of aliphatic hydroxyl groups excluding tert-OH is 2. The predicted octanol–water partition coefficient (Wildman–Crippen LogP) is 9.72. The molecule has 6 atom stereocenters. The second kappa shape index (κ2) is 20.5. The Labute approximate surface area is 356 Å². The molecule has 0 aliphatic carbocycles. The summed E-state index contributed by atoms with van der Waals surface area (Å²) in [5, 5.41) is 21.8. The topological polar surface area (TPSA) is 134 Å². The van der Waals surface area contributed by atoms with Gasteiger partial charge in [0, 0.05) is 12.8 Å². The monoisotopic (exact) mass is 914 g/mol. The minimum atomic E-state index is -0.748. The molecule has 0 spiro atoms. The summed E-state index contributed by atoms with van der Waals surface area (Å²) in [5.41, 5.74) is 3.50. The third-order valence-corrected chi connectivity index (χ3v) is 10.7. The lowest BCUT2D eigenvalue weighted by molar-refractivity contribution is -0.144. The highest BCUT2D eigenvalue weighted by molar-refractivity contribution is 9.10. The maximum atomic E-state index is 13.3. The van der Waals surface area contributed by atoms with Gasteiger partial charge in [0.25, 0.3) is 0 Å². The molecule has 0 bridgehead atoms. The predicted molar refractivity (Wildman–Crippen MR) is 229 cm³/mol. The first-order valence-electron chi connectivity index (χ1n) is 19.2. The highest BCUT2D eigenvalue weighted by Gasteiger charge is 2.46. The van der Waals surface area contributed by atoms with E-state index in [1.54, 1.807) is 37.5 Å². The molecule has 2 heterocycles. The molecule has 2 aliphatic heterocycles. The summed E-state index contributed by atoms with van der Waals surface area (Å²) < 4.78 is 10.5. The molecule has 0 aromatic heterocycles. The Balaban J connectivity index is 0.000000221. The summed E-state index contributed by atoms with van der Waals surface area (Å²) in [4.78, 5) is 54.7. The molecule has 12 heteroatoms. The van der Waals surface area contributed by atoms with E-state index in [4.69, 9.17) is 9.47 Å². The Morgan fingerprint density at radius 2 is 0.828 bits per heavy atom. The van der Waals surface area contributed by atoms with Crippen LogP contribution >= 0.6 is 31.9 Å². The molecule has 0 saturated carbocycles. The van der Waals surface area contributed by atoms with Crippen molar-refractivity contribution in [2.45, 2.75) is 74.4 Å². The van der Waals surface area contributed by atoms with Crippen LogP contribution in [0.4, 0.5) is 0 Å². The van der Waals surface area contributed by atoms with Gasteiger partial charge in [0.15, 0.2) is 0 Å². The maximum absolute atomic E-state index is 13.3. The van der Waals surface area contributed by atoms with Gasteiger partial charge < -0.3 is 29.5 Å². The van der Waals surface area contributed by atoms with E-state index in [1.807, 2.05) is 121 Å². The van der Waals surface area contributed by atoms with Crippen molar-refractivity contribution < 1.29 is 38.9 Å². The van der Waals surface area contributed by atoms with Crippen LogP contribution in [0.2, 0.25) is 0 Å². The smallest absolute Gasteiger partial charge is 0.339 e. The van der Waals surface area contributed by atoms with Crippen LogP contribution in [0.25, 0.3) is 0 Å². The standard InChI is InChI=1S/2C23H24BrNO4/c2*1-3-29-23(28)20-19(26)14-18(16-10-6-4-7-11-16)25(22(27)15(2)24)21(20)17-12-8-5-9-13-17/h2*4-13,15,18,21,26H,3,14H2,1-2H3/t2*15-,18+,21+/m00/s1. The van der Waals surface area contributed by atoms with Gasteiger partial charge in [-0.25, -0.2) is 9.59 Å². The molecule has 0 fully saturated rings. The number of hydrogen-bond donors (Lipinski definition) is 2. The molecule has 2 amide bonds. The SMILES string of the molecule is CCOC(=O)C1=C(O)C[C@H](c2ccccc2)N(C(=O)[C@H](C)Br)[C@@H]1c1ccccc1.CCOC(=O)C1=C(O)C[C@H](c2ccccc2)N(C(=O)[C@H](C)Br)[C@@H]1c1ccccc1. The minimum absolute atomic E-state index is 0.0440. The van der Waals surface area contributed by atoms with Gasteiger partial charge in [0.05, 0.1) is 47.0 Å². The lowest BCUT2D eigenvalue weighted by atomic mass is 9.85. The van der Waals surface area contributed by atoms with Gasteiger partial charge in [0.1, 0.15) is 22.7 Å². The van der Waals surface area contributed by atoms with E-state index in [1.165, 1.54) is 0 Å². The third kappa shape index (κ3) is 9.90.